The Morgan fingerprint density at radius 1 is 1.43 bits per heavy atom. The normalized spacial score (nSPS) is 20.9. The van der Waals surface area contributed by atoms with Gasteiger partial charge >= 0.3 is 6.09 Å². The van der Waals surface area contributed by atoms with E-state index in [1.54, 1.807) is 0 Å². The van der Waals surface area contributed by atoms with Crippen LogP contribution in [0.25, 0.3) is 0 Å². The summed E-state index contributed by atoms with van der Waals surface area (Å²) in [6.07, 6.45) is 0.610. The second kappa shape index (κ2) is 5.17. The Morgan fingerprint density at radius 3 is 2.43 bits per heavy atom. The summed E-state index contributed by atoms with van der Waals surface area (Å²) >= 11 is 0. The third-order valence-electron chi connectivity index (χ3n) is 2.70. The average Bonchev–Trinajstić information content (AvgIpc) is 2.18. The second-order valence-electron chi connectivity index (χ2n) is 3.79. The van der Waals surface area contributed by atoms with Gasteiger partial charge in [0.25, 0.3) is 0 Å². The van der Waals surface area contributed by atoms with Gasteiger partial charge in [-0.1, -0.05) is 0 Å². The minimum atomic E-state index is -0.869. The van der Waals surface area contributed by atoms with Gasteiger partial charge in [0.1, 0.15) is 0 Å². The predicted molar refractivity (Wildman–Crippen MR) is 50.0 cm³/mol. The number of aliphatic hydroxyl groups is 2. The molecule has 5 heteroatoms. The van der Waals surface area contributed by atoms with Crippen LogP contribution in [0.15, 0.2) is 0 Å². The number of aliphatic hydroxyl groups excluding tert-OH is 2. The highest BCUT2D eigenvalue weighted by atomic mass is 16.4. The first-order valence-electron chi connectivity index (χ1n) is 4.90. The molecule has 0 aromatic carbocycles. The summed E-state index contributed by atoms with van der Waals surface area (Å²) in [6.45, 7) is 0.870. The molecule has 1 fully saturated rings. The molecule has 14 heavy (non-hydrogen) atoms. The van der Waals surface area contributed by atoms with Crippen LogP contribution < -0.4 is 0 Å². The Morgan fingerprint density at radius 2 is 2.00 bits per heavy atom. The number of amides is 1. The van der Waals surface area contributed by atoms with Gasteiger partial charge in [0.15, 0.2) is 0 Å². The molecule has 1 aliphatic rings. The van der Waals surface area contributed by atoms with E-state index in [1.165, 1.54) is 4.90 Å². The van der Waals surface area contributed by atoms with Crippen LogP contribution in [0, 0.1) is 5.92 Å². The zero-order chi connectivity index (χ0) is 10.6. The predicted octanol–water partition coefficient (Wildman–Crippen LogP) is 0.120. The summed E-state index contributed by atoms with van der Waals surface area (Å²) in [5.41, 5.74) is 0. The first-order chi connectivity index (χ1) is 6.63. The maximum absolute atomic E-state index is 10.6. The van der Waals surface area contributed by atoms with Gasteiger partial charge in [0.05, 0.1) is 12.7 Å². The molecule has 1 atom stereocenters. The Bertz CT molecular complexity index is 189. The van der Waals surface area contributed by atoms with Crippen LogP contribution in [0.3, 0.4) is 0 Å². The van der Waals surface area contributed by atoms with Crippen molar-refractivity contribution in [3.05, 3.63) is 0 Å². The van der Waals surface area contributed by atoms with Crippen molar-refractivity contribution in [2.24, 2.45) is 5.92 Å². The van der Waals surface area contributed by atoms with Gasteiger partial charge in [0, 0.05) is 13.1 Å². The van der Waals surface area contributed by atoms with E-state index in [-0.39, 0.29) is 6.61 Å². The van der Waals surface area contributed by atoms with Crippen LogP contribution in [-0.2, 0) is 0 Å². The first kappa shape index (κ1) is 11.3. The molecule has 1 unspecified atom stereocenters. The highest BCUT2D eigenvalue weighted by molar-refractivity contribution is 5.64. The van der Waals surface area contributed by atoms with Gasteiger partial charge < -0.3 is 20.2 Å². The molecule has 1 heterocycles. The Labute approximate surface area is 83.0 Å². The second-order valence-corrected chi connectivity index (χ2v) is 3.79. The number of rotatable bonds is 3. The van der Waals surface area contributed by atoms with E-state index in [0.717, 1.165) is 12.8 Å². The highest BCUT2D eigenvalue weighted by Crippen LogP contribution is 2.21. The lowest BCUT2D eigenvalue weighted by Crippen LogP contribution is -2.38. The van der Waals surface area contributed by atoms with Crippen LogP contribution in [0.2, 0.25) is 0 Å². The lowest BCUT2D eigenvalue weighted by atomic mass is 9.91. The van der Waals surface area contributed by atoms with Gasteiger partial charge in [-0.05, 0) is 25.2 Å². The molecule has 0 radical (unpaired) electrons. The molecule has 1 aliphatic heterocycles. The zero-order valence-electron chi connectivity index (χ0n) is 8.09. The van der Waals surface area contributed by atoms with Gasteiger partial charge in [-0.25, -0.2) is 4.79 Å². The van der Waals surface area contributed by atoms with E-state index in [1.807, 2.05) is 0 Å². The van der Waals surface area contributed by atoms with Gasteiger partial charge in [-0.15, -0.1) is 0 Å². The lowest BCUT2D eigenvalue weighted by molar-refractivity contribution is 0.0593. The van der Waals surface area contributed by atoms with Crippen molar-refractivity contribution < 1.29 is 20.1 Å². The van der Waals surface area contributed by atoms with Crippen LogP contribution in [0.5, 0.6) is 0 Å². The molecule has 1 amide bonds. The smallest absolute Gasteiger partial charge is 0.407 e. The van der Waals surface area contributed by atoms with Crippen molar-refractivity contribution in [3.8, 4) is 0 Å². The molecule has 0 aromatic heterocycles. The fraction of sp³-hybridized carbons (Fsp3) is 0.889. The highest BCUT2D eigenvalue weighted by Gasteiger charge is 2.23. The molecule has 1 rings (SSSR count). The molecule has 0 aromatic rings. The molecular weight excluding hydrogens is 186 g/mol. The molecule has 5 nitrogen and oxygen atoms in total. The van der Waals surface area contributed by atoms with Crippen molar-refractivity contribution in [1.82, 2.24) is 4.90 Å². The summed E-state index contributed by atoms with van der Waals surface area (Å²) < 4.78 is 0. The van der Waals surface area contributed by atoms with E-state index in [4.69, 9.17) is 10.2 Å². The summed E-state index contributed by atoms with van der Waals surface area (Å²) in [7, 11) is 0. The van der Waals surface area contributed by atoms with Crippen LogP contribution in [0.1, 0.15) is 19.3 Å². The van der Waals surface area contributed by atoms with Crippen molar-refractivity contribution in [3.63, 3.8) is 0 Å². The molecule has 3 N–H and O–H groups in total. The largest absolute Gasteiger partial charge is 0.465 e. The number of nitrogens with zero attached hydrogens (tertiary/aromatic N) is 1. The maximum Gasteiger partial charge on any atom is 0.407 e. The number of hydrogen-bond acceptors (Lipinski definition) is 3. The summed E-state index contributed by atoms with van der Waals surface area (Å²) in [6, 6.07) is 0. The standard InChI is InChI=1S/C9H17NO4/c11-6-8(12)5-7-1-3-10(4-2-7)9(13)14/h7-8,11-12H,1-6H2,(H,13,14). The Balaban J connectivity index is 2.25. The van der Waals surface area contributed by atoms with E-state index < -0.39 is 12.2 Å². The molecule has 0 spiro atoms. The molecular formula is C9H17NO4. The van der Waals surface area contributed by atoms with Gasteiger partial charge in [-0.2, -0.15) is 0 Å². The van der Waals surface area contributed by atoms with E-state index in [9.17, 15) is 9.90 Å². The molecule has 82 valence electrons. The summed E-state index contributed by atoms with van der Waals surface area (Å²) in [5.74, 6) is 0.341. The van der Waals surface area contributed by atoms with Crippen LogP contribution >= 0.6 is 0 Å². The fourth-order valence-corrected chi connectivity index (χ4v) is 1.82. The number of carbonyl (C=O) groups is 1. The number of likely N-dealkylation sites (tertiary alicyclic amines) is 1. The van der Waals surface area contributed by atoms with Gasteiger partial charge in [-0.3, -0.25) is 0 Å². The monoisotopic (exact) mass is 203 g/mol. The summed E-state index contributed by atoms with van der Waals surface area (Å²) in [5, 5.41) is 26.5. The summed E-state index contributed by atoms with van der Waals surface area (Å²) in [4.78, 5) is 12.0. The minimum Gasteiger partial charge on any atom is -0.465 e. The van der Waals surface area contributed by atoms with Crippen molar-refractivity contribution >= 4 is 6.09 Å². The molecule has 1 saturated heterocycles. The van der Waals surface area contributed by atoms with Crippen molar-refractivity contribution in [2.45, 2.75) is 25.4 Å². The zero-order valence-corrected chi connectivity index (χ0v) is 8.09. The molecule has 0 saturated carbocycles. The lowest BCUT2D eigenvalue weighted by Gasteiger charge is -2.30. The number of hydrogen-bond donors (Lipinski definition) is 3. The quantitative estimate of drug-likeness (QED) is 0.608. The molecule has 0 aliphatic carbocycles. The van der Waals surface area contributed by atoms with E-state index in [0.29, 0.717) is 25.4 Å². The van der Waals surface area contributed by atoms with Crippen LogP contribution in [-0.4, -0.2) is 52.1 Å². The average molecular weight is 203 g/mol. The fourth-order valence-electron chi connectivity index (χ4n) is 1.82. The number of piperidine rings is 1. The maximum atomic E-state index is 10.6. The van der Waals surface area contributed by atoms with Crippen LogP contribution in [0.4, 0.5) is 4.79 Å². The first-order valence-corrected chi connectivity index (χ1v) is 4.90. The van der Waals surface area contributed by atoms with Gasteiger partial charge in [0.2, 0.25) is 0 Å². The van der Waals surface area contributed by atoms with Crippen molar-refractivity contribution in [1.29, 1.82) is 0 Å². The van der Waals surface area contributed by atoms with Crippen molar-refractivity contribution in [2.75, 3.05) is 19.7 Å². The minimum absolute atomic E-state index is 0.209. The molecule has 0 bridgehead atoms. The topological polar surface area (TPSA) is 81.0 Å². The Kier molecular flexibility index (Phi) is 4.16. The third-order valence-corrected chi connectivity index (χ3v) is 2.70. The third kappa shape index (κ3) is 3.16. The van der Waals surface area contributed by atoms with E-state index in [2.05, 4.69) is 0 Å². The Hall–Kier alpha value is -0.810. The van der Waals surface area contributed by atoms with E-state index >= 15 is 0 Å². The number of carboxylic acid groups (broad SMARTS) is 1. The SMILES string of the molecule is O=C(O)N1CCC(CC(O)CO)CC1.